The van der Waals surface area contributed by atoms with Crippen molar-refractivity contribution < 1.29 is 9.90 Å². The number of anilines is 1. The van der Waals surface area contributed by atoms with Crippen LogP contribution in [0, 0.1) is 0 Å². The van der Waals surface area contributed by atoms with Crippen molar-refractivity contribution in [1.82, 2.24) is 4.90 Å². The zero-order chi connectivity index (χ0) is 13.2. The van der Waals surface area contributed by atoms with E-state index in [2.05, 4.69) is 9.80 Å². The van der Waals surface area contributed by atoms with Gasteiger partial charge in [-0.15, -0.1) is 11.3 Å². The summed E-state index contributed by atoms with van der Waals surface area (Å²) in [7, 11) is 0. The Kier molecular flexibility index (Phi) is 3.75. The molecule has 104 valence electrons. The Morgan fingerprint density at radius 1 is 1.26 bits per heavy atom. The Labute approximate surface area is 117 Å². The zero-order valence-electron chi connectivity index (χ0n) is 11.0. The number of carboxylic acids is 1. The van der Waals surface area contributed by atoms with Crippen LogP contribution in [0.3, 0.4) is 0 Å². The molecule has 1 aromatic rings. The summed E-state index contributed by atoms with van der Waals surface area (Å²) in [6, 6.07) is 2.47. The van der Waals surface area contributed by atoms with Crippen LogP contribution in [0.15, 0.2) is 11.4 Å². The molecular weight excluding hydrogens is 260 g/mol. The van der Waals surface area contributed by atoms with E-state index < -0.39 is 5.97 Å². The van der Waals surface area contributed by atoms with Crippen molar-refractivity contribution >= 4 is 23.0 Å². The fraction of sp³-hybridized carbons (Fsp3) is 0.643. The quantitative estimate of drug-likeness (QED) is 0.924. The van der Waals surface area contributed by atoms with Gasteiger partial charge in [-0.2, -0.15) is 0 Å². The number of thiophene rings is 1. The van der Waals surface area contributed by atoms with Gasteiger partial charge in [-0.1, -0.05) is 6.42 Å². The number of hydrogen-bond donors (Lipinski definition) is 1. The lowest BCUT2D eigenvalue weighted by atomic mass is 10.1. The number of nitrogens with zero attached hydrogens (tertiary/aromatic N) is 2. The van der Waals surface area contributed by atoms with Gasteiger partial charge in [0, 0.05) is 30.2 Å². The monoisotopic (exact) mass is 280 g/mol. The summed E-state index contributed by atoms with van der Waals surface area (Å²) in [5.41, 5.74) is 1.09. The minimum atomic E-state index is -0.817. The van der Waals surface area contributed by atoms with Gasteiger partial charge in [0.1, 0.15) is 4.88 Å². The zero-order valence-corrected chi connectivity index (χ0v) is 11.9. The maximum atomic E-state index is 10.9. The van der Waals surface area contributed by atoms with Gasteiger partial charge in [-0.25, -0.2) is 4.79 Å². The van der Waals surface area contributed by atoms with Gasteiger partial charge in [-0.05, 0) is 38.4 Å². The van der Waals surface area contributed by atoms with Crippen LogP contribution in [-0.2, 0) is 0 Å². The number of rotatable bonds is 3. The third kappa shape index (κ3) is 2.77. The Hall–Kier alpha value is -1.07. The van der Waals surface area contributed by atoms with Crippen molar-refractivity contribution in [2.75, 3.05) is 31.1 Å². The smallest absolute Gasteiger partial charge is 0.345 e. The lowest BCUT2D eigenvalue weighted by molar-refractivity contribution is 0.0702. The molecule has 3 rings (SSSR count). The molecule has 0 aliphatic carbocycles. The van der Waals surface area contributed by atoms with Crippen LogP contribution in [0.4, 0.5) is 5.69 Å². The van der Waals surface area contributed by atoms with Gasteiger partial charge in [-0.3, -0.25) is 4.90 Å². The second kappa shape index (κ2) is 5.51. The van der Waals surface area contributed by atoms with Gasteiger partial charge >= 0.3 is 5.97 Å². The van der Waals surface area contributed by atoms with E-state index in [-0.39, 0.29) is 0 Å². The van der Waals surface area contributed by atoms with E-state index in [1.807, 2.05) is 11.4 Å². The first-order valence-corrected chi connectivity index (χ1v) is 7.93. The van der Waals surface area contributed by atoms with Crippen LogP contribution in [0.25, 0.3) is 0 Å². The van der Waals surface area contributed by atoms with Crippen LogP contribution in [0.1, 0.15) is 35.4 Å². The summed E-state index contributed by atoms with van der Waals surface area (Å²) < 4.78 is 0. The molecule has 0 bridgehead atoms. The molecule has 0 aromatic carbocycles. The molecule has 19 heavy (non-hydrogen) atoms. The molecule has 1 aromatic heterocycles. The molecule has 1 atom stereocenters. The number of likely N-dealkylation sites (tertiary alicyclic amines) is 1. The fourth-order valence-corrected chi connectivity index (χ4v) is 3.92. The van der Waals surface area contributed by atoms with Crippen molar-refractivity contribution in [3.8, 4) is 0 Å². The summed E-state index contributed by atoms with van der Waals surface area (Å²) in [4.78, 5) is 16.3. The van der Waals surface area contributed by atoms with Crippen LogP contribution >= 0.6 is 11.3 Å². The first-order valence-electron chi connectivity index (χ1n) is 7.05. The highest BCUT2D eigenvalue weighted by Gasteiger charge is 2.29. The van der Waals surface area contributed by atoms with Crippen molar-refractivity contribution in [2.45, 2.75) is 31.7 Å². The lowest BCUT2D eigenvalue weighted by Gasteiger charge is -2.32. The minimum absolute atomic E-state index is 0.441. The summed E-state index contributed by atoms with van der Waals surface area (Å²) in [5, 5.41) is 11.0. The Balaban J connectivity index is 1.62. The third-order valence-corrected chi connectivity index (χ3v) is 5.14. The largest absolute Gasteiger partial charge is 0.477 e. The van der Waals surface area contributed by atoms with Gasteiger partial charge in [0.05, 0.1) is 0 Å². The molecule has 1 unspecified atom stereocenters. The van der Waals surface area contributed by atoms with Crippen LogP contribution in [0.5, 0.6) is 0 Å². The molecule has 0 spiro atoms. The Bertz CT molecular complexity index is 454. The number of hydrogen-bond acceptors (Lipinski definition) is 4. The summed E-state index contributed by atoms with van der Waals surface area (Å²) >= 11 is 1.33. The van der Waals surface area contributed by atoms with Gasteiger partial charge < -0.3 is 10.0 Å². The second-order valence-corrected chi connectivity index (χ2v) is 6.37. The molecule has 2 aliphatic heterocycles. The van der Waals surface area contributed by atoms with Crippen LogP contribution < -0.4 is 4.90 Å². The predicted molar refractivity (Wildman–Crippen MR) is 77.3 cm³/mol. The molecule has 2 aliphatic rings. The predicted octanol–water partition coefficient (Wildman–Crippen LogP) is 2.51. The van der Waals surface area contributed by atoms with Crippen LogP contribution in [0.2, 0.25) is 0 Å². The number of piperidine rings is 1. The SMILES string of the molecule is O=C(O)c1cc(N2CCC(N3CCCCC3)C2)cs1. The van der Waals surface area contributed by atoms with E-state index >= 15 is 0 Å². The highest BCUT2D eigenvalue weighted by molar-refractivity contribution is 7.12. The van der Waals surface area contributed by atoms with E-state index in [0.29, 0.717) is 10.9 Å². The van der Waals surface area contributed by atoms with E-state index in [1.54, 1.807) is 0 Å². The molecule has 0 radical (unpaired) electrons. The Morgan fingerprint density at radius 2 is 2.05 bits per heavy atom. The van der Waals surface area contributed by atoms with E-state index in [9.17, 15) is 4.79 Å². The molecule has 0 amide bonds. The van der Waals surface area contributed by atoms with Crippen molar-refractivity contribution in [2.24, 2.45) is 0 Å². The first-order chi connectivity index (χ1) is 9.24. The van der Waals surface area contributed by atoms with Gasteiger partial charge in [0.25, 0.3) is 0 Å². The topological polar surface area (TPSA) is 43.8 Å². The average molecular weight is 280 g/mol. The molecule has 1 N–H and O–H groups in total. The molecular formula is C14H20N2O2S. The Morgan fingerprint density at radius 3 is 2.74 bits per heavy atom. The molecule has 2 fully saturated rings. The minimum Gasteiger partial charge on any atom is -0.477 e. The highest BCUT2D eigenvalue weighted by atomic mass is 32.1. The summed E-state index contributed by atoms with van der Waals surface area (Å²) in [6.07, 6.45) is 5.24. The maximum Gasteiger partial charge on any atom is 0.345 e. The van der Waals surface area contributed by atoms with E-state index in [0.717, 1.165) is 18.8 Å². The number of aromatic carboxylic acids is 1. The lowest BCUT2D eigenvalue weighted by Crippen LogP contribution is -2.40. The highest BCUT2D eigenvalue weighted by Crippen LogP contribution is 2.28. The first kappa shape index (κ1) is 12.9. The summed E-state index contributed by atoms with van der Waals surface area (Å²) in [6.45, 7) is 4.58. The van der Waals surface area contributed by atoms with Crippen LogP contribution in [-0.4, -0.2) is 48.2 Å². The molecule has 4 nitrogen and oxygen atoms in total. The second-order valence-electron chi connectivity index (χ2n) is 5.46. The third-order valence-electron chi connectivity index (χ3n) is 4.23. The molecule has 3 heterocycles. The number of carbonyl (C=O) groups is 1. The molecule has 2 saturated heterocycles. The fourth-order valence-electron chi connectivity index (χ4n) is 3.16. The average Bonchev–Trinajstić information content (AvgIpc) is 3.09. The molecule has 5 heteroatoms. The molecule has 0 saturated carbocycles. The van der Waals surface area contributed by atoms with Crippen molar-refractivity contribution in [1.29, 1.82) is 0 Å². The van der Waals surface area contributed by atoms with Gasteiger partial charge in [0.2, 0.25) is 0 Å². The van der Waals surface area contributed by atoms with Crippen molar-refractivity contribution in [3.63, 3.8) is 0 Å². The van der Waals surface area contributed by atoms with Crippen molar-refractivity contribution in [3.05, 3.63) is 16.3 Å². The number of carboxylic acid groups (broad SMARTS) is 1. The van der Waals surface area contributed by atoms with E-state index in [4.69, 9.17) is 5.11 Å². The van der Waals surface area contributed by atoms with Gasteiger partial charge in [0.15, 0.2) is 0 Å². The van der Waals surface area contributed by atoms with E-state index in [1.165, 1.54) is 50.1 Å². The normalized spacial score (nSPS) is 24.8. The standard InChI is InChI=1S/C14H20N2O2S/c17-14(18)13-8-12(10-19-13)16-7-4-11(9-16)15-5-2-1-3-6-15/h8,10-11H,1-7,9H2,(H,17,18). The summed E-state index contributed by atoms with van der Waals surface area (Å²) in [5.74, 6) is -0.817. The maximum absolute atomic E-state index is 10.9.